The fraction of sp³-hybridized carbons (Fsp3) is 0.625. The zero-order valence-corrected chi connectivity index (χ0v) is 12.9. The Morgan fingerprint density at radius 1 is 1.40 bits per heavy atom. The molecule has 2 rings (SSSR count). The summed E-state index contributed by atoms with van der Waals surface area (Å²) < 4.78 is 5.32. The normalized spacial score (nSPS) is 19.2. The Kier molecular flexibility index (Phi) is 5.40. The average Bonchev–Trinajstić information content (AvgIpc) is 2.49. The lowest BCUT2D eigenvalue weighted by Crippen LogP contribution is -2.45. The molecule has 0 radical (unpaired) electrons. The number of benzene rings is 1. The summed E-state index contributed by atoms with van der Waals surface area (Å²) in [6.45, 7) is 2.98. The highest BCUT2D eigenvalue weighted by atomic mass is 16.5. The zero-order chi connectivity index (χ0) is 14.5. The molecule has 1 fully saturated rings. The van der Waals surface area contributed by atoms with Crippen molar-refractivity contribution in [1.82, 2.24) is 9.80 Å². The number of ether oxygens (including phenoxy) is 1. The van der Waals surface area contributed by atoms with Gasteiger partial charge >= 0.3 is 0 Å². The molecule has 0 bridgehead atoms. The van der Waals surface area contributed by atoms with E-state index in [1.54, 1.807) is 7.11 Å². The number of nitrogens with two attached hydrogens (primary N) is 1. The lowest BCUT2D eigenvalue weighted by atomic mass is 9.98. The van der Waals surface area contributed by atoms with Gasteiger partial charge in [0, 0.05) is 18.6 Å². The molecule has 1 saturated heterocycles. The van der Waals surface area contributed by atoms with Gasteiger partial charge in [-0.25, -0.2) is 0 Å². The van der Waals surface area contributed by atoms with Crippen LogP contribution < -0.4 is 10.5 Å². The van der Waals surface area contributed by atoms with Crippen LogP contribution >= 0.6 is 0 Å². The summed E-state index contributed by atoms with van der Waals surface area (Å²) in [7, 11) is 6.10. The average molecular weight is 277 g/mol. The van der Waals surface area contributed by atoms with Crippen LogP contribution in [0.1, 0.15) is 24.4 Å². The maximum Gasteiger partial charge on any atom is 0.119 e. The summed E-state index contributed by atoms with van der Waals surface area (Å²) >= 11 is 0. The van der Waals surface area contributed by atoms with E-state index in [0.717, 1.165) is 5.75 Å². The van der Waals surface area contributed by atoms with E-state index in [-0.39, 0.29) is 6.04 Å². The van der Waals surface area contributed by atoms with Crippen molar-refractivity contribution < 1.29 is 4.74 Å². The predicted octanol–water partition coefficient (Wildman–Crippen LogP) is 1.72. The summed E-state index contributed by atoms with van der Waals surface area (Å²) in [6.07, 6.45) is 2.43. The molecule has 0 amide bonds. The maximum absolute atomic E-state index is 6.04. The van der Waals surface area contributed by atoms with Gasteiger partial charge in [-0.05, 0) is 57.7 Å². The lowest BCUT2D eigenvalue weighted by molar-refractivity contribution is 0.109. The van der Waals surface area contributed by atoms with Crippen LogP contribution in [0, 0.1) is 0 Å². The third-order valence-electron chi connectivity index (χ3n) is 4.46. The van der Waals surface area contributed by atoms with Crippen LogP contribution in [0.2, 0.25) is 0 Å². The van der Waals surface area contributed by atoms with Crippen LogP contribution in [-0.4, -0.2) is 56.7 Å². The molecular weight excluding hydrogens is 250 g/mol. The van der Waals surface area contributed by atoms with E-state index < -0.39 is 0 Å². The highest BCUT2D eigenvalue weighted by molar-refractivity contribution is 5.30. The second-order valence-corrected chi connectivity index (χ2v) is 5.73. The quantitative estimate of drug-likeness (QED) is 0.890. The van der Waals surface area contributed by atoms with Gasteiger partial charge < -0.3 is 15.4 Å². The van der Waals surface area contributed by atoms with E-state index in [4.69, 9.17) is 10.5 Å². The standard InChI is InChI=1S/C16H27N3O/c1-18-9-7-14(8-10-18)19(2)16(12-17)13-5-4-6-15(11-13)20-3/h4-6,11,14,16H,7-10,12,17H2,1-3H3. The second kappa shape index (κ2) is 7.07. The molecule has 1 heterocycles. The Morgan fingerprint density at radius 2 is 2.10 bits per heavy atom. The first-order valence-electron chi connectivity index (χ1n) is 7.40. The fourth-order valence-electron chi connectivity index (χ4n) is 3.04. The molecule has 1 aliphatic rings. The number of likely N-dealkylation sites (N-methyl/N-ethyl adjacent to an activating group) is 1. The summed E-state index contributed by atoms with van der Waals surface area (Å²) in [6, 6.07) is 9.14. The van der Waals surface area contributed by atoms with Crippen LogP contribution in [-0.2, 0) is 0 Å². The molecule has 4 nitrogen and oxygen atoms in total. The molecule has 1 aliphatic heterocycles. The molecule has 4 heteroatoms. The number of methoxy groups -OCH3 is 1. The molecule has 20 heavy (non-hydrogen) atoms. The van der Waals surface area contributed by atoms with Gasteiger partial charge in [0.05, 0.1) is 7.11 Å². The van der Waals surface area contributed by atoms with E-state index >= 15 is 0 Å². The molecule has 112 valence electrons. The first-order chi connectivity index (χ1) is 9.65. The molecule has 0 saturated carbocycles. The van der Waals surface area contributed by atoms with E-state index in [1.165, 1.54) is 31.5 Å². The fourth-order valence-corrected chi connectivity index (χ4v) is 3.04. The van der Waals surface area contributed by atoms with E-state index in [9.17, 15) is 0 Å². The summed E-state index contributed by atoms with van der Waals surface area (Å²) in [4.78, 5) is 4.84. The van der Waals surface area contributed by atoms with Gasteiger partial charge in [-0.15, -0.1) is 0 Å². The maximum atomic E-state index is 6.04. The van der Waals surface area contributed by atoms with Crippen molar-refractivity contribution in [2.75, 3.05) is 40.8 Å². The number of nitrogens with zero attached hydrogens (tertiary/aromatic N) is 2. The van der Waals surface area contributed by atoms with Crippen molar-refractivity contribution in [3.63, 3.8) is 0 Å². The number of piperidine rings is 1. The Labute approximate surface area is 122 Å². The minimum absolute atomic E-state index is 0.263. The third-order valence-corrected chi connectivity index (χ3v) is 4.46. The van der Waals surface area contributed by atoms with Crippen molar-refractivity contribution in [3.8, 4) is 5.75 Å². The molecule has 0 spiro atoms. The van der Waals surface area contributed by atoms with Gasteiger partial charge in [0.2, 0.25) is 0 Å². The number of likely N-dealkylation sites (tertiary alicyclic amines) is 1. The molecule has 1 unspecified atom stereocenters. The van der Waals surface area contributed by atoms with Gasteiger partial charge in [0.1, 0.15) is 5.75 Å². The summed E-state index contributed by atoms with van der Waals surface area (Å²) in [5, 5.41) is 0. The van der Waals surface area contributed by atoms with Crippen LogP contribution in [0.15, 0.2) is 24.3 Å². The van der Waals surface area contributed by atoms with Gasteiger partial charge in [-0.2, -0.15) is 0 Å². The van der Waals surface area contributed by atoms with Crippen LogP contribution in [0.5, 0.6) is 5.75 Å². The Morgan fingerprint density at radius 3 is 2.70 bits per heavy atom. The topological polar surface area (TPSA) is 41.7 Å². The number of hydrogen-bond acceptors (Lipinski definition) is 4. The van der Waals surface area contributed by atoms with Crippen molar-refractivity contribution in [2.24, 2.45) is 5.73 Å². The molecule has 1 aromatic carbocycles. The monoisotopic (exact) mass is 277 g/mol. The van der Waals surface area contributed by atoms with E-state index in [2.05, 4.69) is 36.0 Å². The smallest absolute Gasteiger partial charge is 0.119 e. The Bertz CT molecular complexity index is 416. The molecule has 1 atom stereocenters. The minimum atomic E-state index is 0.263. The highest BCUT2D eigenvalue weighted by Gasteiger charge is 2.26. The van der Waals surface area contributed by atoms with E-state index in [0.29, 0.717) is 12.6 Å². The Balaban J connectivity index is 2.10. The van der Waals surface area contributed by atoms with Crippen molar-refractivity contribution >= 4 is 0 Å². The van der Waals surface area contributed by atoms with Crippen molar-refractivity contribution in [3.05, 3.63) is 29.8 Å². The van der Waals surface area contributed by atoms with Crippen LogP contribution in [0.3, 0.4) is 0 Å². The summed E-state index contributed by atoms with van der Waals surface area (Å²) in [5.74, 6) is 0.901. The summed E-state index contributed by atoms with van der Waals surface area (Å²) in [5.41, 5.74) is 7.28. The first kappa shape index (κ1) is 15.3. The Hall–Kier alpha value is -1.10. The SMILES string of the molecule is COc1cccc(C(CN)N(C)C2CCN(C)CC2)c1. The molecule has 2 N–H and O–H groups in total. The van der Waals surface area contributed by atoms with Gasteiger partial charge in [0.25, 0.3) is 0 Å². The van der Waals surface area contributed by atoms with E-state index in [1.807, 2.05) is 12.1 Å². The van der Waals surface area contributed by atoms with Crippen LogP contribution in [0.4, 0.5) is 0 Å². The first-order valence-corrected chi connectivity index (χ1v) is 7.40. The van der Waals surface area contributed by atoms with Crippen molar-refractivity contribution in [2.45, 2.75) is 24.9 Å². The molecule has 1 aromatic rings. The van der Waals surface area contributed by atoms with Crippen molar-refractivity contribution in [1.29, 1.82) is 0 Å². The zero-order valence-electron chi connectivity index (χ0n) is 12.9. The third kappa shape index (κ3) is 3.51. The molecule has 0 aliphatic carbocycles. The highest BCUT2D eigenvalue weighted by Crippen LogP contribution is 2.27. The van der Waals surface area contributed by atoms with Crippen LogP contribution in [0.25, 0.3) is 0 Å². The largest absolute Gasteiger partial charge is 0.497 e. The molecule has 0 aromatic heterocycles. The van der Waals surface area contributed by atoms with Gasteiger partial charge in [-0.1, -0.05) is 12.1 Å². The predicted molar refractivity (Wildman–Crippen MR) is 83.1 cm³/mol. The molecular formula is C16H27N3O. The van der Waals surface area contributed by atoms with Gasteiger partial charge in [0.15, 0.2) is 0 Å². The van der Waals surface area contributed by atoms with Gasteiger partial charge in [-0.3, -0.25) is 4.90 Å². The minimum Gasteiger partial charge on any atom is -0.497 e. The second-order valence-electron chi connectivity index (χ2n) is 5.73. The lowest BCUT2D eigenvalue weighted by Gasteiger charge is -2.39. The number of hydrogen-bond donors (Lipinski definition) is 1. The number of rotatable bonds is 5.